The molecular formula is C8H14ClNO2. The molecule has 0 amide bonds. The van der Waals surface area contributed by atoms with Crippen molar-refractivity contribution in [2.75, 3.05) is 7.11 Å². The van der Waals surface area contributed by atoms with Crippen molar-refractivity contribution in [1.29, 1.82) is 0 Å². The molecule has 0 radical (unpaired) electrons. The highest BCUT2D eigenvalue weighted by atomic mass is 35.5. The second kappa shape index (κ2) is 2.89. The number of nitrogens with two attached hydrogens (primary N) is 1. The number of ether oxygens (including phenoxy) is 1. The number of fused-ring (bicyclic) bond motifs is 1. The lowest BCUT2D eigenvalue weighted by Crippen LogP contribution is -2.20. The fraction of sp³-hybridized carbons (Fsp3) is 0.875. The van der Waals surface area contributed by atoms with Crippen LogP contribution in [0.5, 0.6) is 0 Å². The van der Waals surface area contributed by atoms with E-state index in [-0.39, 0.29) is 29.8 Å². The van der Waals surface area contributed by atoms with E-state index in [4.69, 9.17) is 10.5 Å². The zero-order chi connectivity index (χ0) is 8.06. The van der Waals surface area contributed by atoms with Gasteiger partial charge in [-0.25, -0.2) is 0 Å². The predicted octanol–water partition coefficient (Wildman–Crippen LogP) is 0.709. The van der Waals surface area contributed by atoms with E-state index in [1.807, 2.05) is 0 Å². The highest BCUT2D eigenvalue weighted by Gasteiger charge is 2.66. The number of rotatable bonds is 1. The van der Waals surface area contributed by atoms with Crippen LogP contribution in [-0.2, 0) is 9.53 Å². The van der Waals surface area contributed by atoms with Crippen LogP contribution in [0.1, 0.15) is 19.3 Å². The summed E-state index contributed by atoms with van der Waals surface area (Å²) < 4.78 is 4.73. The monoisotopic (exact) mass is 191 g/mol. The molecular weight excluding hydrogens is 178 g/mol. The van der Waals surface area contributed by atoms with E-state index in [0.29, 0.717) is 5.92 Å². The molecule has 12 heavy (non-hydrogen) atoms. The van der Waals surface area contributed by atoms with Gasteiger partial charge >= 0.3 is 5.97 Å². The van der Waals surface area contributed by atoms with Gasteiger partial charge in [-0.1, -0.05) is 0 Å². The Kier molecular flexibility index (Phi) is 2.36. The van der Waals surface area contributed by atoms with Crippen LogP contribution < -0.4 is 5.73 Å². The molecule has 3 nitrogen and oxygen atoms in total. The maximum absolute atomic E-state index is 11.2. The Morgan fingerprint density at radius 2 is 2.33 bits per heavy atom. The lowest BCUT2D eigenvalue weighted by Gasteiger charge is -2.06. The van der Waals surface area contributed by atoms with Crippen molar-refractivity contribution < 1.29 is 9.53 Å². The van der Waals surface area contributed by atoms with Gasteiger partial charge in [-0.2, -0.15) is 0 Å². The molecule has 2 aliphatic carbocycles. The third-order valence-corrected chi connectivity index (χ3v) is 3.17. The number of methoxy groups -OCH3 is 1. The first-order valence-corrected chi connectivity index (χ1v) is 4.05. The molecule has 2 aliphatic rings. The number of halogens is 1. The molecule has 2 saturated carbocycles. The van der Waals surface area contributed by atoms with Gasteiger partial charge in [-0.15, -0.1) is 12.4 Å². The van der Waals surface area contributed by atoms with Crippen molar-refractivity contribution in [3.05, 3.63) is 0 Å². The zero-order valence-electron chi connectivity index (χ0n) is 7.08. The molecule has 0 bridgehead atoms. The van der Waals surface area contributed by atoms with Gasteiger partial charge in [0.25, 0.3) is 0 Å². The van der Waals surface area contributed by atoms with Gasteiger partial charge in [0.2, 0.25) is 0 Å². The lowest BCUT2D eigenvalue weighted by molar-refractivity contribution is -0.147. The second-order valence-corrected chi connectivity index (χ2v) is 3.66. The predicted molar refractivity (Wildman–Crippen MR) is 47.0 cm³/mol. The van der Waals surface area contributed by atoms with E-state index in [1.165, 1.54) is 7.11 Å². The minimum absolute atomic E-state index is 0. The van der Waals surface area contributed by atoms with Crippen LogP contribution >= 0.6 is 12.4 Å². The van der Waals surface area contributed by atoms with Crippen LogP contribution in [0.2, 0.25) is 0 Å². The van der Waals surface area contributed by atoms with Crippen molar-refractivity contribution in [2.24, 2.45) is 17.1 Å². The summed E-state index contributed by atoms with van der Waals surface area (Å²) in [4.78, 5) is 11.2. The van der Waals surface area contributed by atoms with Gasteiger partial charge in [0, 0.05) is 6.04 Å². The summed E-state index contributed by atoms with van der Waals surface area (Å²) in [6.45, 7) is 0. The average molecular weight is 192 g/mol. The molecule has 0 saturated heterocycles. The minimum Gasteiger partial charge on any atom is -0.469 e. The number of carbonyl (C=O) groups is 1. The van der Waals surface area contributed by atoms with Gasteiger partial charge in [0.05, 0.1) is 12.5 Å². The smallest absolute Gasteiger partial charge is 0.312 e. The Balaban J connectivity index is 0.000000720. The normalized spacial score (nSPS) is 42.8. The molecule has 2 rings (SSSR count). The standard InChI is InChI=1S/C8H13NO2.ClH/c1-11-7(10)8-3-2-6(9)5(8)4-8;/h5-6H,2-4,9H2,1H3;1H/t5-,6+,8+;/m0./s1. The van der Waals surface area contributed by atoms with E-state index in [9.17, 15) is 4.79 Å². The molecule has 3 atom stereocenters. The Morgan fingerprint density at radius 3 is 2.67 bits per heavy atom. The third-order valence-electron chi connectivity index (χ3n) is 3.17. The molecule has 0 aromatic heterocycles. The van der Waals surface area contributed by atoms with Crippen molar-refractivity contribution in [1.82, 2.24) is 0 Å². The summed E-state index contributed by atoms with van der Waals surface area (Å²) in [6.07, 6.45) is 2.88. The topological polar surface area (TPSA) is 52.3 Å². The van der Waals surface area contributed by atoms with Crippen LogP contribution in [0.4, 0.5) is 0 Å². The van der Waals surface area contributed by atoms with Gasteiger partial charge < -0.3 is 10.5 Å². The van der Waals surface area contributed by atoms with Crippen LogP contribution in [0.15, 0.2) is 0 Å². The molecule has 4 heteroatoms. The van der Waals surface area contributed by atoms with Crippen LogP contribution in [-0.4, -0.2) is 19.1 Å². The minimum atomic E-state index is -0.145. The summed E-state index contributed by atoms with van der Waals surface area (Å²) >= 11 is 0. The van der Waals surface area contributed by atoms with Crippen molar-refractivity contribution in [3.63, 3.8) is 0 Å². The summed E-state index contributed by atoms with van der Waals surface area (Å²) in [5.41, 5.74) is 5.65. The van der Waals surface area contributed by atoms with E-state index < -0.39 is 0 Å². The highest BCUT2D eigenvalue weighted by Crippen LogP contribution is 2.63. The molecule has 0 unspecified atom stereocenters. The van der Waals surface area contributed by atoms with Gasteiger partial charge in [-0.3, -0.25) is 4.79 Å². The Labute approximate surface area is 78.1 Å². The zero-order valence-corrected chi connectivity index (χ0v) is 7.89. The maximum Gasteiger partial charge on any atom is 0.312 e. The molecule has 0 aliphatic heterocycles. The molecule has 2 fully saturated rings. The number of carbonyl (C=O) groups excluding carboxylic acids is 1. The fourth-order valence-corrected chi connectivity index (χ4v) is 2.35. The van der Waals surface area contributed by atoms with Gasteiger partial charge in [-0.05, 0) is 25.2 Å². The Morgan fingerprint density at radius 1 is 1.67 bits per heavy atom. The van der Waals surface area contributed by atoms with E-state index >= 15 is 0 Å². The van der Waals surface area contributed by atoms with Gasteiger partial charge in [0.1, 0.15) is 0 Å². The maximum atomic E-state index is 11.2. The number of hydrogen-bond donors (Lipinski definition) is 1. The first-order valence-electron chi connectivity index (χ1n) is 4.05. The second-order valence-electron chi connectivity index (χ2n) is 3.66. The lowest BCUT2D eigenvalue weighted by atomic mass is 10.1. The number of hydrogen-bond acceptors (Lipinski definition) is 3. The summed E-state index contributed by atoms with van der Waals surface area (Å²) in [5.74, 6) is 0.380. The van der Waals surface area contributed by atoms with E-state index in [2.05, 4.69) is 0 Å². The quantitative estimate of drug-likeness (QED) is 0.622. The SMILES string of the molecule is COC(=O)[C@@]12CC[C@@H](N)[C@@H]1C2.Cl. The van der Waals surface area contributed by atoms with Crippen molar-refractivity contribution in [2.45, 2.75) is 25.3 Å². The first kappa shape index (κ1) is 9.81. The highest BCUT2D eigenvalue weighted by molar-refractivity contribution is 5.85. The van der Waals surface area contributed by atoms with Crippen LogP contribution in [0, 0.1) is 11.3 Å². The molecule has 2 N–H and O–H groups in total. The largest absolute Gasteiger partial charge is 0.469 e. The Hall–Kier alpha value is -0.280. The van der Waals surface area contributed by atoms with E-state index in [1.54, 1.807) is 0 Å². The average Bonchev–Trinajstić information content (AvgIpc) is 2.68. The number of esters is 1. The Bertz CT molecular complexity index is 209. The summed E-state index contributed by atoms with van der Waals surface area (Å²) in [5, 5.41) is 0. The molecule has 0 spiro atoms. The molecule has 0 aromatic carbocycles. The molecule has 0 aromatic rings. The third kappa shape index (κ3) is 1.04. The first-order chi connectivity index (χ1) is 5.20. The van der Waals surface area contributed by atoms with Crippen LogP contribution in [0.25, 0.3) is 0 Å². The van der Waals surface area contributed by atoms with Crippen molar-refractivity contribution in [3.8, 4) is 0 Å². The van der Waals surface area contributed by atoms with E-state index in [0.717, 1.165) is 19.3 Å². The summed E-state index contributed by atoms with van der Waals surface area (Å²) in [7, 11) is 1.45. The fourth-order valence-electron chi connectivity index (χ4n) is 2.35. The molecule has 70 valence electrons. The summed E-state index contributed by atoms with van der Waals surface area (Å²) in [6, 6.07) is 0.245. The van der Waals surface area contributed by atoms with Gasteiger partial charge in [0.15, 0.2) is 0 Å². The van der Waals surface area contributed by atoms with Crippen molar-refractivity contribution >= 4 is 18.4 Å². The van der Waals surface area contributed by atoms with Crippen LogP contribution in [0.3, 0.4) is 0 Å². The molecule has 0 heterocycles.